The summed E-state index contributed by atoms with van der Waals surface area (Å²) < 4.78 is 2.87. The van der Waals surface area contributed by atoms with Crippen molar-refractivity contribution in [3.63, 3.8) is 0 Å². The molecular weight excluding hydrogens is 330 g/mol. The lowest BCUT2D eigenvalue weighted by atomic mass is 10.2. The summed E-state index contributed by atoms with van der Waals surface area (Å²) in [4.78, 5) is 19.4. The largest absolute Gasteiger partial charge is 0.337 e. The number of carbonyl (C=O) groups is 1. The normalized spacial score (nSPS) is 11.1. The van der Waals surface area contributed by atoms with E-state index in [1.54, 1.807) is 0 Å². The summed E-state index contributed by atoms with van der Waals surface area (Å²) in [6.07, 6.45) is 3.85. The lowest BCUT2D eigenvalue weighted by Gasteiger charge is -2.21. The van der Waals surface area contributed by atoms with Gasteiger partial charge in [0.25, 0.3) is 5.91 Å². The summed E-state index contributed by atoms with van der Waals surface area (Å²) in [6, 6.07) is 2.02. The van der Waals surface area contributed by atoms with Crippen molar-refractivity contribution in [1.82, 2.24) is 14.3 Å². The number of imidazole rings is 1. The van der Waals surface area contributed by atoms with E-state index in [9.17, 15) is 4.79 Å². The number of fused-ring (bicyclic) bond motifs is 1. The van der Waals surface area contributed by atoms with E-state index in [0.717, 1.165) is 47.3 Å². The van der Waals surface area contributed by atoms with Crippen LogP contribution in [-0.2, 0) is 0 Å². The molecule has 1 amide bonds. The molecule has 2 rings (SSSR count). The Labute approximate surface area is 134 Å². The van der Waals surface area contributed by atoms with Gasteiger partial charge in [-0.05, 0) is 54.2 Å². The summed E-state index contributed by atoms with van der Waals surface area (Å²) >= 11 is 3.50. The molecule has 0 aromatic carbocycles. The number of aromatic nitrogens is 2. The Kier molecular flexibility index (Phi) is 5.04. The van der Waals surface area contributed by atoms with Gasteiger partial charge in [0.1, 0.15) is 11.3 Å². The van der Waals surface area contributed by atoms with Crippen molar-refractivity contribution in [3.05, 3.63) is 33.7 Å². The van der Waals surface area contributed by atoms with Gasteiger partial charge in [0, 0.05) is 23.8 Å². The van der Waals surface area contributed by atoms with E-state index in [1.807, 2.05) is 35.4 Å². The van der Waals surface area contributed by atoms with Crippen LogP contribution < -0.4 is 0 Å². The van der Waals surface area contributed by atoms with Crippen LogP contribution in [0.1, 0.15) is 48.4 Å². The topological polar surface area (TPSA) is 37.6 Å². The van der Waals surface area contributed by atoms with Gasteiger partial charge in [-0.1, -0.05) is 13.8 Å². The zero-order chi connectivity index (χ0) is 15.6. The molecular formula is C16H22BrN3O. The third-order valence-corrected chi connectivity index (χ3v) is 3.96. The first-order valence-corrected chi connectivity index (χ1v) is 8.23. The zero-order valence-corrected chi connectivity index (χ0v) is 14.7. The van der Waals surface area contributed by atoms with E-state index >= 15 is 0 Å². The molecule has 0 N–H and O–H groups in total. The number of amides is 1. The van der Waals surface area contributed by atoms with Gasteiger partial charge in [-0.2, -0.15) is 0 Å². The first kappa shape index (κ1) is 16.0. The standard InChI is InChI=1S/C16H22BrN3O/c1-5-7-19(8-6-2)16(21)14-12(4)18-15-11(3)9-13(17)10-20(14)15/h9-10H,5-8H2,1-4H3. The summed E-state index contributed by atoms with van der Waals surface area (Å²) in [7, 11) is 0. The molecule has 114 valence electrons. The van der Waals surface area contributed by atoms with Crippen LogP contribution >= 0.6 is 15.9 Å². The van der Waals surface area contributed by atoms with E-state index in [4.69, 9.17) is 0 Å². The van der Waals surface area contributed by atoms with Crippen molar-refractivity contribution < 1.29 is 4.79 Å². The minimum Gasteiger partial charge on any atom is -0.337 e. The van der Waals surface area contributed by atoms with Crippen LogP contribution in [0.25, 0.3) is 5.65 Å². The molecule has 21 heavy (non-hydrogen) atoms. The number of hydrogen-bond donors (Lipinski definition) is 0. The van der Waals surface area contributed by atoms with Gasteiger partial charge in [-0.15, -0.1) is 0 Å². The Morgan fingerprint density at radius 1 is 1.29 bits per heavy atom. The fraction of sp³-hybridized carbons (Fsp3) is 0.500. The first-order valence-electron chi connectivity index (χ1n) is 7.43. The maximum absolute atomic E-state index is 12.9. The molecule has 0 saturated heterocycles. The monoisotopic (exact) mass is 351 g/mol. The Morgan fingerprint density at radius 2 is 1.90 bits per heavy atom. The molecule has 2 heterocycles. The third-order valence-electron chi connectivity index (χ3n) is 3.52. The van der Waals surface area contributed by atoms with Crippen molar-refractivity contribution in [1.29, 1.82) is 0 Å². The van der Waals surface area contributed by atoms with Gasteiger partial charge in [0.15, 0.2) is 0 Å². The third kappa shape index (κ3) is 3.12. The summed E-state index contributed by atoms with van der Waals surface area (Å²) in [6.45, 7) is 9.68. The Hall–Kier alpha value is -1.36. The van der Waals surface area contributed by atoms with Crippen LogP contribution in [0.2, 0.25) is 0 Å². The number of halogens is 1. The van der Waals surface area contributed by atoms with Gasteiger partial charge >= 0.3 is 0 Å². The predicted molar refractivity (Wildman–Crippen MR) is 88.9 cm³/mol. The van der Waals surface area contributed by atoms with Crippen LogP contribution in [0.3, 0.4) is 0 Å². The molecule has 5 heteroatoms. The number of hydrogen-bond acceptors (Lipinski definition) is 2. The Balaban J connectivity index is 2.54. The lowest BCUT2D eigenvalue weighted by Crippen LogP contribution is -2.33. The minimum absolute atomic E-state index is 0.0706. The van der Waals surface area contributed by atoms with Gasteiger partial charge < -0.3 is 4.90 Å². The predicted octanol–water partition coefficient (Wildman–Crippen LogP) is 3.98. The fourth-order valence-corrected chi connectivity index (χ4v) is 3.19. The number of aryl methyl sites for hydroxylation is 2. The van der Waals surface area contributed by atoms with Crippen molar-refractivity contribution in [2.75, 3.05) is 13.1 Å². The van der Waals surface area contributed by atoms with Gasteiger partial charge in [-0.25, -0.2) is 4.98 Å². The summed E-state index contributed by atoms with van der Waals surface area (Å²) in [5.41, 5.74) is 3.38. The van der Waals surface area contributed by atoms with Crippen LogP contribution in [0, 0.1) is 13.8 Å². The molecule has 0 fully saturated rings. The minimum atomic E-state index is 0.0706. The Bertz CT molecular complexity index is 657. The van der Waals surface area contributed by atoms with Gasteiger partial charge in [-0.3, -0.25) is 9.20 Å². The maximum Gasteiger partial charge on any atom is 0.272 e. The molecule has 0 aliphatic carbocycles. The van der Waals surface area contributed by atoms with Crippen LogP contribution in [0.15, 0.2) is 16.7 Å². The number of carbonyl (C=O) groups excluding carboxylic acids is 1. The van der Waals surface area contributed by atoms with Crippen molar-refractivity contribution in [2.24, 2.45) is 0 Å². The molecule has 0 saturated carbocycles. The second-order valence-electron chi connectivity index (χ2n) is 5.37. The SMILES string of the molecule is CCCN(CCC)C(=O)c1c(C)nc2c(C)cc(Br)cn12. The molecule has 4 nitrogen and oxygen atoms in total. The maximum atomic E-state index is 12.9. The number of rotatable bonds is 5. The van der Waals surface area contributed by atoms with Gasteiger partial charge in [0.05, 0.1) is 5.69 Å². The molecule has 0 bridgehead atoms. The molecule has 0 aliphatic heterocycles. The van der Waals surface area contributed by atoms with Crippen molar-refractivity contribution >= 4 is 27.5 Å². The van der Waals surface area contributed by atoms with E-state index in [-0.39, 0.29) is 5.91 Å². The van der Waals surface area contributed by atoms with E-state index in [1.165, 1.54) is 0 Å². The van der Waals surface area contributed by atoms with Crippen LogP contribution in [0.5, 0.6) is 0 Å². The smallest absolute Gasteiger partial charge is 0.272 e. The fourth-order valence-electron chi connectivity index (χ4n) is 2.64. The zero-order valence-electron chi connectivity index (χ0n) is 13.1. The molecule has 0 atom stereocenters. The number of nitrogens with zero attached hydrogens (tertiary/aromatic N) is 3. The van der Waals surface area contributed by atoms with Gasteiger partial charge in [0.2, 0.25) is 0 Å². The quantitative estimate of drug-likeness (QED) is 0.816. The lowest BCUT2D eigenvalue weighted by molar-refractivity contribution is 0.0748. The second kappa shape index (κ2) is 6.60. The molecule has 0 unspecified atom stereocenters. The first-order chi connectivity index (χ1) is 9.99. The molecule has 0 spiro atoms. The highest BCUT2D eigenvalue weighted by molar-refractivity contribution is 9.10. The molecule has 2 aromatic rings. The summed E-state index contributed by atoms with van der Waals surface area (Å²) in [5, 5.41) is 0. The average Bonchev–Trinajstić information content (AvgIpc) is 2.74. The Morgan fingerprint density at radius 3 is 2.48 bits per heavy atom. The van der Waals surface area contributed by atoms with E-state index in [0.29, 0.717) is 5.69 Å². The molecule has 0 aliphatic rings. The highest BCUT2D eigenvalue weighted by Crippen LogP contribution is 2.21. The number of pyridine rings is 1. The van der Waals surface area contributed by atoms with Crippen molar-refractivity contribution in [2.45, 2.75) is 40.5 Å². The highest BCUT2D eigenvalue weighted by atomic mass is 79.9. The molecule has 2 aromatic heterocycles. The van der Waals surface area contributed by atoms with E-state index < -0.39 is 0 Å². The van der Waals surface area contributed by atoms with Crippen LogP contribution in [0.4, 0.5) is 0 Å². The molecule has 0 radical (unpaired) electrons. The summed E-state index contributed by atoms with van der Waals surface area (Å²) in [5.74, 6) is 0.0706. The average molecular weight is 352 g/mol. The highest BCUT2D eigenvalue weighted by Gasteiger charge is 2.22. The second-order valence-corrected chi connectivity index (χ2v) is 6.29. The van der Waals surface area contributed by atoms with E-state index in [2.05, 4.69) is 34.8 Å². The van der Waals surface area contributed by atoms with Crippen molar-refractivity contribution in [3.8, 4) is 0 Å². The van der Waals surface area contributed by atoms with Crippen LogP contribution in [-0.4, -0.2) is 33.3 Å².